The van der Waals surface area contributed by atoms with Crippen LogP contribution in [0.1, 0.15) is 40.5 Å². The number of carbonyl (C=O) groups is 4. The Morgan fingerprint density at radius 1 is 1.29 bits per heavy atom. The van der Waals surface area contributed by atoms with E-state index in [9.17, 15) is 29.4 Å². The number of aromatic amines is 1. The van der Waals surface area contributed by atoms with Crippen LogP contribution in [-0.2, 0) is 19.1 Å². The Kier molecular flexibility index (Phi) is 5.79. The summed E-state index contributed by atoms with van der Waals surface area (Å²) >= 11 is 1.20. The lowest BCUT2D eigenvalue weighted by Gasteiger charge is -2.42. The smallest absolute Gasteiger partial charge is 0.408 e. The first-order valence-electron chi connectivity index (χ1n) is 10.9. The van der Waals surface area contributed by atoms with Gasteiger partial charge in [0.15, 0.2) is 10.7 Å². The number of amides is 2. The van der Waals surface area contributed by atoms with Gasteiger partial charge in [-0.1, -0.05) is 11.8 Å². The van der Waals surface area contributed by atoms with Crippen LogP contribution in [0.5, 0.6) is 0 Å². The molecule has 3 fully saturated rings. The topological polar surface area (TPSA) is 196 Å². The van der Waals surface area contributed by atoms with Gasteiger partial charge in [-0.3, -0.25) is 14.7 Å². The van der Waals surface area contributed by atoms with Crippen LogP contribution in [0.3, 0.4) is 0 Å². The molecule has 0 bridgehead atoms. The van der Waals surface area contributed by atoms with Gasteiger partial charge >= 0.3 is 18.0 Å². The van der Waals surface area contributed by atoms with E-state index < -0.39 is 69.8 Å². The Morgan fingerprint density at radius 3 is 2.56 bits per heavy atom. The number of carboxylic acids is 2. The highest BCUT2D eigenvalue weighted by molar-refractivity contribution is 7.99. The van der Waals surface area contributed by atoms with Crippen LogP contribution in [0.2, 0.25) is 0 Å². The molecule has 0 aromatic carbocycles. The van der Waals surface area contributed by atoms with Gasteiger partial charge in [0.1, 0.15) is 18.0 Å². The number of aliphatic carboxylic acids is 2. The summed E-state index contributed by atoms with van der Waals surface area (Å²) in [5, 5.41) is 35.1. The first-order valence-corrected chi connectivity index (χ1v) is 11.8. The normalized spacial score (nSPS) is 36.8. The van der Waals surface area contributed by atoms with Crippen LogP contribution in [0.25, 0.3) is 0 Å². The van der Waals surface area contributed by atoms with E-state index in [1.54, 1.807) is 27.7 Å². The molecule has 1 aliphatic heterocycles. The van der Waals surface area contributed by atoms with Crippen molar-refractivity contribution in [2.75, 3.05) is 0 Å². The van der Waals surface area contributed by atoms with Crippen molar-refractivity contribution in [3.05, 3.63) is 6.33 Å². The summed E-state index contributed by atoms with van der Waals surface area (Å²) in [6, 6.07) is -1.56. The molecule has 1 unspecified atom stereocenters. The van der Waals surface area contributed by atoms with E-state index in [-0.39, 0.29) is 12.8 Å². The average Bonchev–Trinajstić information content (AvgIpc) is 2.97. The van der Waals surface area contributed by atoms with Crippen LogP contribution < -0.4 is 16.0 Å². The lowest BCUT2D eigenvalue weighted by molar-refractivity contribution is -0.152. The Hall–Kier alpha value is -2.87. The molecule has 14 heteroatoms. The highest BCUT2D eigenvalue weighted by Gasteiger charge is 2.86. The summed E-state index contributed by atoms with van der Waals surface area (Å²) in [5.74, 6) is -4.80. The van der Waals surface area contributed by atoms with Crippen molar-refractivity contribution in [1.29, 1.82) is 0 Å². The van der Waals surface area contributed by atoms with Crippen molar-refractivity contribution in [1.82, 2.24) is 31.1 Å². The number of carbonyl (C=O) groups excluding carboxylic acids is 2. The summed E-state index contributed by atoms with van der Waals surface area (Å²) in [5.41, 5.74) is -4.09. The summed E-state index contributed by atoms with van der Waals surface area (Å²) in [4.78, 5) is 54.6. The molecule has 34 heavy (non-hydrogen) atoms. The third-order valence-corrected chi connectivity index (χ3v) is 7.77. The van der Waals surface area contributed by atoms with Gasteiger partial charge < -0.3 is 30.9 Å². The fourth-order valence-corrected chi connectivity index (χ4v) is 6.86. The molecule has 2 saturated carbocycles. The highest BCUT2D eigenvalue weighted by Crippen LogP contribution is 2.69. The van der Waals surface area contributed by atoms with Gasteiger partial charge in [0, 0.05) is 17.2 Å². The van der Waals surface area contributed by atoms with Gasteiger partial charge in [0.05, 0.1) is 11.5 Å². The second-order valence-electron chi connectivity index (χ2n) is 10.0. The predicted molar refractivity (Wildman–Crippen MR) is 117 cm³/mol. The molecule has 2 aliphatic carbocycles. The molecule has 3 aliphatic rings. The molecule has 6 N–H and O–H groups in total. The van der Waals surface area contributed by atoms with Crippen molar-refractivity contribution in [2.24, 2.45) is 11.8 Å². The number of hydrogen-bond acceptors (Lipinski definition) is 9. The van der Waals surface area contributed by atoms with E-state index in [0.29, 0.717) is 5.16 Å². The van der Waals surface area contributed by atoms with Crippen LogP contribution >= 0.6 is 11.8 Å². The van der Waals surface area contributed by atoms with Crippen LogP contribution in [0.4, 0.5) is 4.79 Å². The van der Waals surface area contributed by atoms with E-state index in [0.717, 1.165) is 0 Å². The largest absolute Gasteiger partial charge is 0.481 e. The van der Waals surface area contributed by atoms with Gasteiger partial charge in [-0.05, 0) is 40.5 Å². The molecular formula is C20H28N6O7S. The molecule has 1 saturated heterocycles. The van der Waals surface area contributed by atoms with Crippen molar-refractivity contribution in [3.63, 3.8) is 0 Å². The van der Waals surface area contributed by atoms with Gasteiger partial charge in [0.2, 0.25) is 5.91 Å². The molecule has 1 aromatic heterocycles. The first-order chi connectivity index (χ1) is 15.8. The lowest BCUT2D eigenvalue weighted by Crippen LogP contribution is -2.73. The monoisotopic (exact) mass is 496 g/mol. The molecule has 4 rings (SSSR count). The molecule has 2 heterocycles. The molecule has 7 atom stereocenters. The predicted octanol–water partition coefficient (Wildman–Crippen LogP) is -0.0468. The van der Waals surface area contributed by atoms with Gasteiger partial charge in [-0.15, -0.1) is 0 Å². The number of nitrogens with one attached hydrogen (secondary N) is 4. The maximum atomic E-state index is 13.3. The van der Waals surface area contributed by atoms with Crippen molar-refractivity contribution in [3.8, 4) is 0 Å². The molecule has 186 valence electrons. The third-order valence-electron chi connectivity index (χ3n) is 6.59. The second-order valence-corrected chi connectivity index (χ2v) is 11.3. The van der Waals surface area contributed by atoms with Gasteiger partial charge in [-0.2, -0.15) is 5.10 Å². The maximum absolute atomic E-state index is 13.3. The number of thioether (sulfide) groups is 1. The van der Waals surface area contributed by atoms with Crippen LogP contribution in [0.15, 0.2) is 11.5 Å². The summed E-state index contributed by atoms with van der Waals surface area (Å²) in [6.07, 6.45) is 0.575. The van der Waals surface area contributed by atoms with Crippen molar-refractivity contribution >= 4 is 35.7 Å². The Labute approximate surface area is 199 Å². The molecule has 13 nitrogen and oxygen atoms in total. The minimum atomic E-state index is -1.90. The minimum Gasteiger partial charge on any atom is -0.481 e. The minimum absolute atomic E-state index is 0.0350. The number of hydrogen-bond donors (Lipinski definition) is 6. The Morgan fingerprint density at radius 2 is 2.00 bits per heavy atom. The molecular weight excluding hydrogens is 468 g/mol. The number of H-pyrrole nitrogens is 1. The van der Waals surface area contributed by atoms with E-state index in [1.165, 1.54) is 18.1 Å². The summed E-state index contributed by atoms with van der Waals surface area (Å²) in [7, 11) is 0. The Bertz CT molecular complexity index is 1010. The standard InChI is InChI=1S/C20H28N6O7S/c1-8-5-9(23-17(32)33-18(2,3)4)13(27)25-19(15(30)31)6-10(34-16-21-7-22-26-16)11-12(14(28)29)20(11,19)24-8/h7-12,24H,5-6H2,1-4H3,(H,23,32)(H,25,27)(H,28,29)(H,30,31)(H,21,22,26)/t8?,9-,10-,11-,12+,19+,20+/m0/s1. The lowest BCUT2D eigenvalue weighted by atomic mass is 9.82. The maximum Gasteiger partial charge on any atom is 0.408 e. The number of nitrogens with zero attached hydrogens (tertiary/aromatic N) is 2. The van der Waals surface area contributed by atoms with E-state index in [1.807, 2.05) is 0 Å². The number of rotatable bonds is 5. The number of aromatic nitrogens is 3. The number of ether oxygens (including phenoxy) is 1. The van der Waals surface area contributed by atoms with Crippen LogP contribution in [0, 0.1) is 11.8 Å². The molecule has 1 aromatic rings. The summed E-state index contributed by atoms with van der Waals surface area (Å²) < 4.78 is 5.24. The van der Waals surface area contributed by atoms with Crippen molar-refractivity contribution < 1.29 is 34.1 Å². The SMILES string of the molecule is CC1C[C@H](NC(=O)OC(C)(C)C)C(=O)N[C@@]2(C(=O)O)C[C@H](Sc3ncn[nH]3)[C@H]3[C@H](C(=O)O)[C@]32N1. The van der Waals surface area contributed by atoms with Gasteiger partial charge in [-0.25, -0.2) is 14.6 Å². The molecule has 1 spiro atoms. The Balaban J connectivity index is 1.67. The fourth-order valence-electron chi connectivity index (χ4n) is 5.51. The van der Waals surface area contributed by atoms with Crippen LogP contribution in [-0.4, -0.2) is 83.3 Å². The van der Waals surface area contributed by atoms with Gasteiger partial charge in [0.25, 0.3) is 0 Å². The zero-order valence-electron chi connectivity index (χ0n) is 19.1. The van der Waals surface area contributed by atoms with E-state index in [2.05, 4.69) is 31.1 Å². The fraction of sp³-hybridized carbons (Fsp3) is 0.700. The number of alkyl carbamates (subject to hydrolysis) is 1. The highest BCUT2D eigenvalue weighted by atomic mass is 32.2. The first kappa shape index (κ1) is 24.3. The van der Waals surface area contributed by atoms with E-state index in [4.69, 9.17) is 4.74 Å². The van der Waals surface area contributed by atoms with E-state index >= 15 is 0 Å². The van der Waals surface area contributed by atoms with Crippen molar-refractivity contribution in [2.45, 2.75) is 79.7 Å². The quantitative estimate of drug-likeness (QED) is 0.320. The molecule has 0 radical (unpaired) electrons. The molecule has 2 amide bonds. The zero-order valence-corrected chi connectivity index (χ0v) is 19.9. The number of carboxylic acid groups (broad SMARTS) is 2. The zero-order chi connectivity index (χ0) is 25.1. The average molecular weight is 497 g/mol. The second kappa shape index (κ2) is 8.12. The third kappa shape index (κ3) is 3.87. The summed E-state index contributed by atoms with van der Waals surface area (Å²) in [6.45, 7) is 6.78.